The lowest BCUT2D eigenvalue weighted by atomic mass is 9.96. The van der Waals surface area contributed by atoms with Gasteiger partial charge in [0.05, 0.1) is 6.20 Å². The first kappa shape index (κ1) is 23.6. The third-order valence-electron chi connectivity index (χ3n) is 4.75. The molecule has 0 spiro atoms. The summed E-state index contributed by atoms with van der Waals surface area (Å²) in [4.78, 5) is 28.7. The van der Waals surface area contributed by atoms with Crippen molar-refractivity contribution >= 4 is 35.2 Å². The monoisotopic (exact) mass is 470 g/mol. The van der Waals surface area contributed by atoms with Gasteiger partial charge in [0.15, 0.2) is 0 Å². The van der Waals surface area contributed by atoms with Crippen molar-refractivity contribution in [2.75, 3.05) is 12.0 Å². The predicted molar refractivity (Wildman–Crippen MR) is 127 cm³/mol. The van der Waals surface area contributed by atoms with Crippen LogP contribution in [-0.2, 0) is 11.4 Å². The number of hydrogen-bond acceptors (Lipinski definition) is 5. The van der Waals surface area contributed by atoms with Crippen LogP contribution in [-0.4, -0.2) is 40.0 Å². The van der Waals surface area contributed by atoms with Crippen molar-refractivity contribution in [3.05, 3.63) is 83.1 Å². The summed E-state index contributed by atoms with van der Waals surface area (Å²) in [5.74, 6) is -0.271. The average Bonchev–Trinajstić information content (AvgIpc) is 2.81. The fourth-order valence-electron chi connectivity index (χ4n) is 3.11. The highest BCUT2D eigenvalue weighted by Crippen LogP contribution is 2.31. The Kier molecular flexibility index (Phi) is 8.53. The van der Waals surface area contributed by atoms with Crippen LogP contribution in [0.2, 0.25) is 5.02 Å². The van der Waals surface area contributed by atoms with Gasteiger partial charge in [-0.05, 0) is 59.9 Å². The second kappa shape index (κ2) is 11.5. The SMILES string of the molecule is CSCCC(NC(=O)c1ccc(COc2cccnc2)cc1-c1ccccc1Cl)C(=O)O. The van der Waals surface area contributed by atoms with E-state index in [1.165, 1.54) is 11.8 Å². The summed E-state index contributed by atoms with van der Waals surface area (Å²) in [6, 6.07) is 15.1. The molecule has 0 aliphatic heterocycles. The van der Waals surface area contributed by atoms with Crippen LogP contribution in [0.3, 0.4) is 0 Å². The quantitative estimate of drug-likeness (QED) is 0.437. The van der Waals surface area contributed by atoms with E-state index in [4.69, 9.17) is 16.3 Å². The molecule has 166 valence electrons. The van der Waals surface area contributed by atoms with E-state index in [-0.39, 0.29) is 6.61 Å². The summed E-state index contributed by atoms with van der Waals surface area (Å²) in [7, 11) is 0. The molecule has 1 unspecified atom stereocenters. The molecular formula is C24H23ClN2O4S. The lowest BCUT2D eigenvalue weighted by molar-refractivity contribution is -0.139. The molecule has 3 rings (SSSR count). The molecule has 0 saturated carbocycles. The minimum absolute atomic E-state index is 0.274. The Morgan fingerprint density at radius 1 is 1.16 bits per heavy atom. The first-order valence-corrected chi connectivity index (χ1v) is 11.7. The molecule has 1 heterocycles. The van der Waals surface area contributed by atoms with Gasteiger partial charge in [-0.1, -0.05) is 35.9 Å². The molecule has 2 aromatic carbocycles. The number of carbonyl (C=O) groups is 2. The van der Waals surface area contributed by atoms with E-state index in [0.29, 0.717) is 39.6 Å². The van der Waals surface area contributed by atoms with Crippen LogP contribution in [0.25, 0.3) is 11.1 Å². The molecule has 0 aliphatic rings. The molecule has 1 atom stereocenters. The summed E-state index contributed by atoms with van der Waals surface area (Å²) < 4.78 is 5.78. The number of ether oxygens (including phenoxy) is 1. The molecule has 3 aromatic rings. The Labute approximate surface area is 196 Å². The van der Waals surface area contributed by atoms with Crippen LogP contribution in [0, 0.1) is 0 Å². The van der Waals surface area contributed by atoms with Crippen molar-refractivity contribution in [1.82, 2.24) is 10.3 Å². The maximum atomic E-state index is 13.1. The lowest BCUT2D eigenvalue weighted by Crippen LogP contribution is -2.41. The van der Waals surface area contributed by atoms with Crippen LogP contribution in [0.15, 0.2) is 67.0 Å². The number of halogens is 1. The van der Waals surface area contributed by atoms with E-state index in [1.54, 1.807) is 36.7 Å². The van der Waals surface area contributed by atoms with Crippen molar-refractivity contribution in [2.24, 2.45) is 0 Å². The smallest absolute Gasteiger partial charge is 0.326 e. The summed E-state index contributed by atoms with van der Waals surface area (Å²) in [5.41, 5.74) is 2.46. The predicted octanol–water partition coefficient (Wildman–Crippen LogP) is 4.92. The maximum absolute atomic E-state index is 13.1. The number of pyridine rings is 1. The number of thioether (sulfide) groups is 1. The Morgan fingerprint density at radius 3 is 2.66 bits per heavy atom. The summed E-state index contributed by atoms with van der Waals surface area (Å²) in [6.45, 7) is 0.274. The van der Waals surface area contributed by atoms with Crippen LogP contribution in [0.4, 0.5) is 0 Å². The molecule has 1 amide bonds. The Bertz CT molecular complexity index is 1080. The van der Waals surface area contributed by atoms with Crippen molar-refractivity contribution < 1.29 is 19.4 Å². The molecule has 1 aromatic heterocycles. The van der Waals surface area contributed by atoms with E-state index in [2.05, 4.69) is 10.3 Å². The number of carbonyl (C=O) groups excluding carboxylic acids is 1. The Balaban J connectivity index is 1.91. The van der Waals surface area contributed by atoms with Crippen LogP contribution in [0.1, 0.15) is 22.3 Å². The molecule has 0 fully saturated rings. The Hall–Kier alpha value is -3.03. The summed E-state index contributed by atoms with van der Waals surface area (Å²) in [6.07, 6.45) is 5.51. The largest absolute Gasteiger partial charge is 0.487 e. The molecular weight excluding hydrogens is 448 g/mol. The van der Waals surface area contributed by atoms with Gasteiger partial charge in [-0.25, -0.2) is 4.79 Å². The number of amides is 1. The van der Waals surface area contributed by atoms with Crippen molar-refractivity contribution in [2.45, 2.75) is 19.1 Å². The number of rotatable bonds is 10. The molecule has 2 N–H and O–H groups in total. The third kappa shape index (κ3) is 6.24. The molecule has 0 radical (unpaired) electrons. The van der Waals surface area contributed by atoms with Gasteiger partial charge in [-0.2, -0.15) is 11.8 Å². The highest BCUT2D eigenvalue weighted by atomic mass is 35.5. The second-order valence-electron chi connectivity index (χ2n) is 6.98. The number of carboxylic acids is 1. The fourth-order valence-corrected chi connectivity index (χ4v) is 3.82. The summed E-state index contributed by atoms with van der Waals surface area (Å²) in [5, 5.41) is 12.6. The van der Waals surface area contributed by atoms with Crippen molar-refractivity contribution in [1.29, 1.82) is 0 Å². The van der Waals surface area contributed by atoms with Crippen molar-refractivity contribution in [3.63, 3.8) is 0 Å². The number of benzene rings is 2. The molecule has 8 heteroatoms. The average molecular weight is 471 g/mol. The van der Waals surface area contributed by atoms with E-state index in [9.17, 15) is 14.7 Å². The normalized spacial score (nSPS) is 11.6. The fraction of sp³-hybridized carbons (Fsp3) is 0.208. The van der Waals surface area contributed by atoms with Crippen LogP contribution in [0.5, 0.6) is 5.75 Å². The third-order valence-corrected chi connectivity index (χ3v) is 5.72. The Morgan fingerprint density at radius 2 is 1.97 bits per heavy atom. The molecule has 32 heavy (non-hydrogen) atoms. The van der Waals surface area contributed by atoms with E-state index >= 15 is 0 Å². The topological polar surface area (TPSA) is 88.5 Å². The van der Waals surface area contributed by atoms with Gasteiger partial charge in [-0.3, -0.25) is 9.78 Å². The minimum atomic E-state index is -1.06. The molecule has 0 saturated heterocycles. The molecule has 0 bridgehead atoms. The van der Waals surface area contributed by atoms with Gasteiger partial charge in [0.2, 0.25) is 0 Å². The van der Waals surface area contributed by atoms with Crippen LogP contribution < -0.4 is 10.1 Å². The lowest BCUT2D eigenvalue weighted by Gasteiger charge is -2.17. The second-order valence-corrected chi connectivity index (χ2v) is 8.38. The zero-order valence-corrected chi connectivity index (χ0v) is 19.0. The maximum Gasteiger partial charge on any atom is 0.326 e. The standard InChI is InChI=1S/C24H23ClN2O4S/c1-32-12-10-22(24(29)30)27-23(28)19-9-8-16(15-31-17-5-4-11-26-14-17)13-20(19)18-6-2-3-7-21(18)25/h2-9,11,13-14,22H,10,12,15H2,1H3,(H,27,28)(H,29,30). The van der Waals surface area contributed by atoms with Gasteiger partial charge < -0.3 is 15.2 Å². The number of carboxylic acid groups (broad SMARTS) is 1. The van der Waals surface area contributed by atoms with Gasteiger partial charge in [0.25, 0.3) is 5.91 Å². The number of aliphatic carboxylic acids is 1. The van der Waals surface area contributed by atoms with E-state index in [1.807, 2.05) is 36.6 Å². The molecule has 6 nitrogen and oxygen atoms in total. The van der Waals surface area contributed by atoms with Gasteiger partial charge >= 0.3 is 5.97 Å². The molecule has 0 aliphatic carbocycles. The van der Waals surface area contributed by atoms with Crippen LogP contribution >= 0.6 is 23.4 Å². The number of nitrogens with one attached hydrogen (secondary N) is 1. The van der Waals surface area contributed by atoms with Gasteiger partial charge in [-0.15, -0.1) is 0 Å². The van der Waals surface area contributed by atoms with Gasteiger partial charge in [0.1, 0.15) is 18.4 Å². The number of hydrogen-bond donors (Lipinski definition) is 2. The minimum Gasteiger partial charge on any atom is -0.487 e. The first-order chi connectivity index (χ1) is 15.5. The number of aromatic nitrogens is 1. The number of nitrogens with zero attached hydrogens (tertiary/aromatic N) is 1. The van der Waals surface area contributed by atoms with E-state index < -0.39 is 17.9 Å². The van der Waals surface area contributed by atoms with Gasteiger partial charge in [0, 0.05) is 22.3 Å². The zero-order valence-electron chi connectivity index (χ0n) is 17.5. The zero-order chi connectivity index (χ0) is 22.9. The highest BCUT2D eigenvalue weighted by molar-refractivity contribution is 7.98. The van der Waals surface area contributed by atoms with Crippen molar-refractivity contribution in [3.8, 4) is 16.9 Å². The van der Waals surface area contributed by atoms with E-state index in [0.717, 1.165) is 5.56 Å². The summed E-state index contributed by atoms with van der Waals surface area (Å²) >= 11 is 7.94. The highest BCUT2D eigenvalue weighted by Gasteiger charge is 2.23. The first-order valence-electron chi connectivity index (χ1n) is 9.93.